The molecule has 0 aliphatic carbocycles. The average molecular weight is 435 g/mol. The van der Waals surface area contributed by atoms with Crippen molar-refractivity contribution in [1.29, 1.82) is 0 Å². The number of ether oxygens (including phenoxy) is 1. The number of imidazole rings is 1. The molecule has 0 aromatic carbocycles. The van der Waals surface area contributed by atoms with Gasteiger partial charge in [0.25, 0.3) is 0 Å². The van der Waals surface area contributed by atoms with Crippen LogP contribution in [0.25, 0.3) is 5.65 Å². The quantitative estimate of drug-likeness (QED) is 0.723. The van der Waals surface area contributed by atoms with Crippen LogP contribution in [0.3, 0.4) is 0 Å². The molecule has 0 amide bonds. The van der Waals surface area contributed by atoms with Crippen LogP contribution in [0.5, 0.6) is 0 Å². The van der Waals surface area contributed by atoms with Gasteiger partial charge in [0.2, 0.25) is 0 Å². The highest BCUT2D eigenvalue weighted by Crippen LogP contribution is 2.34. The van der Waals surface area contributed by atoms with Crippen LogP contribution in [0.1, 0.15) is 33.1 Å². The van der Waals surface area contributed by atoms with E-state index in [2.05, 4.69) is 51.8 Å². The van der Waals surface area contributed by atoms with Gasteiger partial charge in [0, 0.05) is 19.2 Å². The summed E-state index contributed by atoms with van der Waals surface area (Å²) in [6.45, 7) is 6.24. The van der Waals surface area contributed by atoms with Gasteiger partial charge < -0.3 is 10.1 Å². The van der Waals surface area contributed by atoms with Crippen molar-refractivity contribution in [2.75, 3.05) is 18.5 Å². The molecule has 5 nitrogen and oxygen atoms in total. The summed E-state index contributed by atoms with van der Waals surface area (Å²) in [6, 6.07) is 1.83. The maximum atomic E-state index is 6.10. The number of hydrogen-bond donors (Lipinski definition) is 1. The minimum Gasteiger partial charge on any atom is -0.382 e. The standard InChI is InChI=1S/C15H20ClIN4O/c1-10(15(2)5-3-7-22-15)4-6-18-11-8-12(16)20-21-13(17)9-19-14(11)21/h8-10,18H,3-7H2,1-2H3/t10-,15?/m0/s1. The second kappa shape index (κ2) is 6.49. The third kappa shape index (κ3) is 3.19. The van der Waals surface area contributed by atoms with Crippen molar-refractivity contribution < 1.29 is 4.74 Å². The lowest BCUT2D eigenvalue weighted by molar-refractivity contribution is -0.0244. The van der Waals surface area contributed by atoms with E-state index in [9.17, 15) is 0 Å². The number of hydrogen-bond acceptors (Lipinski definition) is 4. The maximum absolute atomic E-state index is 6.10. The van der Waals surface area contributed by atoms with Gasteiger partial charge in [0.1, 0.15) is 3.70 Å². The van der Waals surface area contributed by atoms with E-state index in [0.717, 1.165) is 41.0 Å². The van der Waals surface area contributed by atoms with E-state index in [4.69, 9.17) is 16.3 Å². The number of halogens is 2. The highest BCUT2D eigenvalue weighted by Gasteiger charge is 2.35. The molecule has 1 fully saturated rings. The Bertz CT molecular complexity index is 669. The zero-order chi connectivity index (χ0) is 15.7. The maximum Gasteiger partial charge on any atom is 0.178 e. The number of rotatable bonds is 5. The summed E-state index contributed by atoms with van der Waals surface area (Å²) in [5.41, 5.74) is 1.76. The Hall–Kier alpha value is -0.600. The first kappa shape index (κ1) is 16.3. The molecule has 22 heavy (non-hydrogen) atoms. The zero-order valence-corrected chi connectivity index (χ0v) is 15.7. The average Bonchev–Trinajstić information content (AvgIpc) is 3.07. The fraction of sp³-hybridized carbons (Fsp3) is 0.600. The zero-order valence-electron chi connectivity index (χ0n) is 12.8. The fourth-order valence-electron chi connectivity index (χ4n) is 2.96. The molecule has 7 heteroatoms. The van der Waals surface area contributed by atoms with Crippen molar-refractivity contribution in [2.24, 2.45) is 5.92 Å². The smallest absolute Gasteiger partial charge is 0.178 e. The summed E-state index contributed by atoms with van der Waals surface area (Å²) < 4.78 is 8.62. The molecule has 0 spiro atoms. The predicted octanol–water partition coefficient (Wildman–Crippen LogP) is 3.99. The Labute approximate surface area is 148 Å². The van der Waals surface area contributed by atoms with Crippen LogP contribution in [0.4, 0.5) is 5.69 Å². The van der Waals surface area contributed by atoms with E-state index in [1.54, 1.807) is 10.7 Å². The topological polar surface area (TPSA) is 51.5 Å². The first-order valence-corrected chi connectivity index (χ1v) is 9.03. The van der Waals surface area contributed by atoms with E-state index in [1.807, 2.05) is 6.07 Å². The fourth-order valence-corrected chi connectivity index (χ4v) is 3.62. The third-order valence-corrected chi connectivity index (χ3v) is 5.50. The summed E-state index contributed by atoms with van der Waals surface area (Å²) in [5.74, 6) is 0.510. The van der Waals surface area contributed by atoms with E-state index in [0.29, 0.717) is 11.1 Å². The van der Waals surface area contributed by atoms with Crippen LogP contribution in [0, 0.1) is 9.62 Å². The van der Waals surface area contributed by atoms with Crippen molar-refractivity contribution in [3.8, 4) is 0 Å². The largest absolute Gasteiger partial charge is 0.382 e. The van der Waals surface area contributed by atoms with E-state index < -0.39 is 0 Å². The Morgan fingerprint density at radius 3 is 3.14 bits per heavy atom. The third-order valence-electron chi connectivity index (χ3n) is 4.58. The highest BCUT2D eigenvalue weighted by atomic mass is 127. The first-order valence-electron chi connectivity index (χ1n) is 7.57. The number of aromatic nitrogens is 3. The molecule has 0 saturated carbocycles. The SMILES string of the molecule is C[C@@H](CCNc1cc(Cl)nn2c(I)cnc12)C1(C)CCCO1. The molecule has 0 bridgehead atoms. The lowest BCUT2D eigenvalue weighted by atomic mass is 9.86. The summed E-state index contributed by atoms with van der Waals surface area (Å²) in [7, 11) is 0. The highest BCUT2D eigenvalue weighted by molar-refractivity contribution is 14.1. The molecule has 2 atom stereocenters. The van der Waals surface area contributed by atoms with Crippen molar-refractivity contribution in [3.05, 3.63) is 21.1 Å². The molecule has 120 valence electrons. The number of nitrogens with one attached hydrogen (secondary N) is 1. The molecule has 0 radical (unpaired) electrons. The van der Waals surface area contributed by atoms with Crippen LogP contribution < -0.4 is 5.32 Å². The summed E-state index contributed by atoms with van der Waals surface area (Å²) >= 11 is 8.29. The van der Waals surface area contributed by atoms with Gasteiger partial charge in [-0.25, -0.2) is 9.50 Å². The van der Waals surface area contributed by atoms with Crippen LogP contribution in [-0.2, 0) is 4.74 Å². The molecule has 1 aliphatic heterocycles. The van der Waals surface area contributed by atoms with Crippen LogP contribution in [0.2, 0.25) is 5.15 Å². The van der Waals surface area contributed by atoms with Crippen molar-refractivity contribution in [3.63, 3.8) is 0 Å². The first-order chi connectivity index (χ1) is 10.5. The molecular formula is C15H20ClIN4O. The van der Waals surface area contributed by atoms with Gasteiger partial charge in [-0.05, 0) is 54.7 Å². The van der Waals surface area contributed by atoms with Gasteiger partial charge >= 0.3 is 0 Å². The minimum absolute atomic E-state index is 0.0234. The minimum atomic E-state index is 0.0234. The van der Waals surface area contributed by atoms with Crippen LogP contribution >= 0.6 is 34.2 Å². The monoisotopic (exact) mass is 434 g/mol. The Morgan fingerprint density at radius 1 is 1.59 bits per heavy atom. The van der Waals surface area contributed by atoms with Gasteiger partial charge in [-0.15, -0.1) is 0 Å². The molecule has 2 aromatic rings. The van der Waals surface area contributed by atoms with E-state index in [-0.39, 0.29) is 5.60 Å². The number of anilines is 1. The van der Waals surface area contributed by atoms with Gasteiger partial charge in [0.05, 0.1) is 17.5 Å². The Kier molecular flexibility index (Phi) is 4.80. The second-order valence-corrected chi connectivity index (χ2v) is 7.57. The molecule has 1 N–H and O–H groups in total. The van der Waals surface area contributed by atoms with Crippen LogP contribution in [0.15, 0.2) is 12.3 Å². The second-order valence-electron chi connectivity index (χ2n) is 6.08. The van der Waals surface area contributed by atoms with Gasteiger partial charge in [-0.1, -0.05) is 18.5 Å². The van der Waals surface area contributed by atoms with Gasteiger partial charge in [-0.3, -0.25) is 0 Å². The lowest BCUT2D eigenvalue weighted by Crippen LogP contribution is -2.33. The number of fused-ring (bicyclic) bond motifs is 1. The van der Waals surface area contributed by atoms with E-state index >= 15 is 0 Å². The molecular weight excluding hydrogens is 415 g/mol. The van der Waals surface area contributed by atoms with Crippen molar-refractivity contribution >= 4 is 45.5 Å². The molecule has 3 heterocycles. The lowest BCUT2D eigenvalue weighted by Gasteiger charge is -2.30. The molecule has 1 aliphatic rings. The normalized spacial score (nSPS) is 23.1. The van der Waals surface area contributed by atoms with Crippen molar-refractivity contribution in [1.82, 2.24) is 14.6 Å². The molecule has 3 rings (SSSR count). The number of nitrogens with zero attached hydrogens (tertiary/aromatic N) is 3. The van der Waals surface area contributed by atoms with Gasteiger partial charge in [-0.2, -0.15) is 5.10 Å². The molecule has 1 unspecified atom stereocenters. The van der Waals surface area contributed by atoms with Crippen LogP contribution in [-0.4, -0.2) is 33.4 Å². The van der Waals surface area contributed by atoms with Gasteiger partial charge in [0.15, 0.2) is 10.8 Å². The molecule has 2 aromatic heterocycles. The summed E-state index contributed by atoms with van der Waals surface area (Å²) in [5, 5.41) is 8.17. The van der Waals surface area contributed by atoms with Crippen molar-refractivity contribution in [2.45, 2.75) is 38.7 Å². The Morgan fingerprint density at radius 2 is 2.41 bits per heavy atom. The van der Waals surface area contributed by atoms with E-state index in [1.165, 1.54) is 6.42 Å². The predicted molar refractivity (Wildman–Crippen MR) is 96.6 cm³/mol. The summed E-state index contributed by atoms with van der Waals surface area (Å²) in [4.78, 5) is 4.40. The Balaban J connectivity index is 1.67. The molecule has 1 saturated heterocycles. The summed E-state index contributed by atoms with van der Waals surface area (Å²) in [6.07, 6.45) is 5.15.